The quantitative estimate of drug-likeness (QED) is 0.826. The van der Waals surface area contributed by atoms with Crippen LogP contribution in [0, 0.1) is 5.92 Å². The summed E-state index contributed by atoms with van der Waals surface area (Å²) in [5.41, 5.74) is 0.447. The molecule has 11 heteroatoms. The van der Waals surface area contributed by atoms with Crippen molar-refractivity contribution >= 4 is 27.3 Å². The number of nitrogens with zero attached hydrogens (tertiary/aromatic N) is 4. The highest BCUT2D eigenvalue weighted by Gasteiger charge is 2.32. The molecule has 0 bridgehead atoms. The number of carbonyl (C=O) groups excluding carboxylic acids is 1. The van der Waals surface area contributed by atoms with Crippen LogP contribution in [0.15, 0.2) is 10.9 Å². The first-order valence-electron chi connectivity index (χ1n) is 8.76. The van der Waals surface area contributed by atoms with Gasteiger partial charge in [0.25, 0.3) is 5.56 Å². The zero-order valence-electron chi connectivity index (χ0n) is 14.8. The minimum atomic E-state index is -4.43. The first kappa shape index (κ1) is 19.6. The molecule has 3 heterocycles. The molecule has 0 spiro atoms. The fourth-order valence-corrected chi connectivity index (χ4v) is 4.02. The van der Waals surface area contributed by atoms with E-state index in [2.05, 4.69) is 10.1 Å². The molecular weight excluding hydrogens is 383 g/mol. The molecule has 0 radical (unpaired) electrons. The smallest absolute Gasteiger partial charge is 0.347 e. The maximum atomic E-state index is 12.3. The highest BCUT2D eigenvalue weighted by Crippen LogP contribution is 2.27. The maximum absolute atomic E-state index is 12.3. The number of halogens is 3. The van der Waals surface area contributed by atoms with Crippen LogP contribution < -0.4 is 15.8 Å². The average Bonchev–Trinajstić information content (AvgIpc) is 3.04. The van der Waals surface area contributed by atoms with Gasteiger partial charge in [-0.05, 0) is 19.3 Å². The predicted octanol–water partition coefficient (Wildman–Crippen LogP) is 2.00. The SMILES string of the molecule is CCCc1cc(=O)n2nc(N3CCCC(C(=O)NCC(F)(F)F)C3)sc2n1. The molecule has 7 nitrogen and oxygen atoms in total. The summed E-state index contributed by atoms with van der Waals surface area (Å²) < 4.78 is 38.1. The Bertz CT molecular complexity index is 879. The van der Waals surface area contributed by atoms with E-state index in [9.17, 15) is 22.8 Å². The van der Waals surface area contributed by atoms with Gasteiger partial charge < -0.3 is 10.2 Å². The van der Waals surface area contributed by atoms with Gasteiger partial charge in [-0.25, -0.2) is 4.98 Å². The van der Waals surface area contributed by atoms with Gasteiger partial charge in [-0.2, -0.15) is 17.7 Å². The summed E-state index contributed by atoms with van der Waals surface area (Å²) in [4.78, 5) is 31.0. The van der Waals surface area contributed by atoms with Crippen molar-refractivity contribution in [1.29, 1.82) is 0 Å². The zero-order chi connectivity index (χ0) is 19.6. The molecule has 1 saturated heterocycles. The van der Waals surface area contributed by atoms with Crippen molar-refractivity contribution in [1.82, 2.24) is 19.9 Å². The number of amides is 1. The molecule has 1 unspecified atom stereocenters. The lowest BCUT2D eigenvalue weighted by molar-refractivity contribution is -0.140. The second-order valence-electron chi connectivity index (χ2n) is 6.53. The van der Waals surface area contributed by atoms with Crippen LogP contribution in [0.25, 0.3) is 4.96 Å². The van der Waals surface area contributed by atoms with Crippen LogP contribution in [0.2, 0.25) is 0 Å². The molecule has 1 N–H and O–H groups in total. The van der Waals surface area contributed by atoms with E-state index in [1.165, 1.54) is 21.9 Å². The lowest BCUT2D eigenvalue weighted by atomic mass is 9.97. The number of nitrogens with one attached hydrogen (secondary N) is 1. The third kappa shape index (κ3) is 4.76. The minimum absolute atomic E-state index is 0.262. The number of aryl methyl sites for hydroxylation is 1. The minimum Gasteiger partial charge on any atom is -0.347 e. The van der Waals surface area contributed by atoms with Crippen LogP contribution in [0.3, 0.4) is 0 Å². The van der Waals surface area contributed by atoms with E-state index in [0.717, 1.165) is 6.42 Å². The third-order valence-electron chi connectivity index (χ3n) is 4.32. The number of hydrogen-bond acceptors (Lipinski definition) is 6. The van der Waals surface area contributed by atoms with Crippen molar-refractivity contribution in [2.45, 2.75) is 38.8 Å². The Hall–Kier alpha value is -2.17. The molecule has 2 aromatic heterocycles. The summed E-state index contributed by atoms with van der Waals surface area (Å²) >= 11 is 1.24. The predicted molar refractivity (Wildman–Crippen MR) is 95.1 cm³/mol. The largest absolute Gasteiger partial charge is 0.405 e. The molecule has 0 aliphatic carbocycles. The second-order valence-corrected chi connectivity index (χ2v) is 7.47. The Morgan fingerprint density at radius 2 is 2.22 bits per heavy atom. The highest BCUT2D eigenvalue weighted by molar-refractivity contribution is 7.20. The van der Waals surface area contributed by atoms with Crippen LogP contribution in [0.1, 0.15) is 31.9 Å². The Morgan fingerprint density at radius 1 is 1.44 bits per heavy atom. The first-order chi connectivity index (χ1) is 12.8. The molecule has 148 valence electrons. The van der Waals surface area contributed by atoms with Crippen LogP contribution >= 0.6 is 11.3 Å². The summed E-state index contributed by atoms with van der Waals surface area (Å²) in [6, 6.07) is 1.46. The van der Waals surface area contributed by atoms with Crippen molar-refractivity contribution in [3.05, 3.63) is 22.1 Å². The molecule has 1 atom stereocenters. The Kier molecular flexibility index (Phi) is 5.68. The molecule has 0 aromatic carbocycles. The zero-order valence-corrected chi connectivity index (χ0v) is 15.6. The van der Waals surface area contributed by atoms with E-state index in [1.54, 1.807) is 0 Å². The maximum Gasteiger partial charge on any atom is 0.405 e. The van der Waals surface area contributed by atoms with Crippen LogP contribution in [-0.2, 0) is 11.2 Å². The van der Waals surface area contributed by atoms with Gasteiger partial charge >= 0.3 is 6.18 Å². The number of hydrogen-bond donors (Lipinski definition) is 1. The lowest BCUT2D eigenvalue weighted by Crippen LogP contribution is -2.45. The Labute approximate surface area is 157 Å². The van der Waals surface area contributed by atoms with Crippen LogP contribution in [0.5, 0.6) is 0 Å². The first-order valence-corrected chi connectivity index (χ1v) is 9.57. The van der Waals surface area contributed by atoms with Crippen molar-refractivity contribution in [2.24, 2.45) is 5.92 Å². The number of aromatic nitrogens is 3. The highest BCUT2D eigenvalue weighted by atomic mass is 32.1. The van der Waals surface area contributed by atoms with E-state index >= 15 is 0 Å². The number of anilines is 1. The summed E-state index contributed by atoms with van der Waals surface area (Å²) in [7, 11) is 0. The summed E-state index contributed by atoms with van der Waals surface area (Å²) in [6.45, 7) is 1.56. The van der Waals surface area contributed by atoms with E-state index < -0.39 is 24.5 Å². The van der Waals surface area contributed by atoms with E-state index in [-0.39, 0.29) is 12.1 Å². The standard InChI is InChI=1S/C16H20F3N5O2S/c1-2-4-11-7-12(25)24-14(21-11)27-15(22-24)23-6-3-5-10(8-23)13(26)20-9-16(17,18)19/h7,10H,2-6,8-9H2,1H3,(H,20,26). The lowest BCUT2D eigenvalue weighted by Gasteiger charge is -2.31. The van der Waals surface area contributed by atoms with Gasteiger partial charge in [0.15, 0.2) is 0 Å². The van der Waals surface area contributed by atoms with E-state index in [4.69, 9.17) is 0 Å². The van der Waals surface area contributed by atoms with Gasteiger partial charge in [0.1, 0.15) is 6.54 Å². The summed E-state index contributed by atoms with van der Waals surface area (Å²) in [5, 5.41) is 6.78. The molecule has 1 fully saturated rings. The molecule has 3 rings (SSSR count). The number of rotatable bonds is 5. The Morgan fingerprint density at radius 3 is 2.93 bits per heavy atom. The third-order valence-corrected chi connectivity index (χ3v) is 5.29. The van der Waals surface area contributed by atoms with Crippen molar-refractivity contribution < 1.29 is 18.0 Å². The molecule has 27 heavy (non-hydrogen) atoms. The molecule has 1 amide bonds. The monoisotopic (exact) mass is 403 g/mol. The van der Waals surface area contributed by atoms with Gasteiger partial charge in [0, 0.05) is 24.8 Å². The van der Waals surface area contributed by atoms with Gasteiger partial charge in [-0.1, -0.05) is 24.7 Å². The van der Waals surface area contributed by atoms with Gasteiger partial charge in [-0.3, -0.25) is 9.59 Å². The molecular formula is C16H20F3N5O2S. The fraction of sp³-hybridized carbons (Fsp3) is 0.625. The second kappa shape index (κ2) is 7.83. The van der Waals surface area contributed by atoms with Crippen molar-refractivity contribution in [2.75, 3.05) is 24.5 Å². The number of carbonyl (C=O) groups is 1. The normalized spacial score (nSPS) is 18.1. The van der Waals surface area contributed by atoms with Gasteiger partial charge in [0.2, 0.25) is 16.0 Å². The number of alkyl halides is 3. The van der Waals surface area contributed by atoms with Gasteiger partial charge in [0.05, 0.1) is 5.92 Å². The summed E-state index contributed by atoms with van der Waals surface area (Å²) in [5.74, 6) is -1.16. The van der Waals surface area contributed by atoms with Crippen molar-refractivity contribution in [3.63, 3.8) is 0 Å². The van der Waals surface area contributed by atoms with E-state index in [0.29, 0.717) is 41.6 Å². The van der Waals surface area contributed by atoms with Gasteiger partial charge in [-0.15, -0.1) is 5.10 Å². The molecule has 1 aliphatic rings. The molecule has 0 saturated carbocycles. The summed E-state index contributed by atoms with van der Waals surface area (Å²) in [6.07, 6.45) is -1.69. The number of fused-ring (bicyclic) bond motifs is 1. The van der Waals surface area contributed by atoms with E-state index in [1.807, 2.05) is 17.1 Å². The topological polar surface area (TPSA) is 79.6 Å². The Balaban J connectivity index is 1.75. The van der Waals surface area contributed by atoms with Crippen molar-refractivity contribution in [3.8, 4) is 0 Å². The fourth-order valence-electron chi connectivity index (χ4n) is 3.05. The average molecular weight is 403 g/mol. The van der Waals surface area contributed by atoms with Crippen LogP contribution in [-0.4, -0.2) is 46.3 Å². The molecule has 2 aromatic rings. The molecule has 1 aliphatic heterocycles. The number of piperidine rings is 1. The van der Waals surface area contributed by atoms with Crippen LogP contribution in [0.4, 0.5) is 18.3 Å².